The van der Waals surface area contributed by atoms with Crippen LogP contribution in [0.2, 0.25) is 5.02 Å². The number of sulfonamides is 1. The van der Waals surface area contributed by atoms with Crippen LogP contribution < -0.4 is 16.1 Å². The number of nitrogens with one attached hydrogen (secondary N) is 2. The van der Waals surface area contributed by atoms with E-state index >= 15 is 0 Å². The largest absolute Gasteiger partial charge is 0.279 e. The lowest BCUT2D eigenvalue weighted by Gasteiger charge is -2.19. The summed E-state index contributed by atoms with van der Waals surface area (Å²) in [6, 6.07) is 9.10. The van der Waals surface area contributed by atoms with Gasteiger partial charge in [0.1, 0.15) is 6.34 Å². The number of rotatable bonds is 5. The number of fused-ring (bicyclic) bond motifs is 1. The number of nitrogens with zero attached hydrogens (tertiary/aromatic N) is 2. The molecule has 1 heterocycles. The quantitative estimate of drug-likeness (QED) is 0.211. The van der Waals surface area contributed by atoms with Gasteiger partial charge in [0.25, 0.3) is 21.8 Å². The third-order valence-electron chi connectivity index (χ3n) is 4.54. The van der Waals surface area contributed by atoms with Crippen LogP contribution in [0, 0.1) is 0 Å². The SMILES string of the molecule is CC(C)(C)c1ccc(S(=O)(=O)Nc2ccc(Cl)c3c2C(=O)N(/C=N/NN)C3=O)cc1. The second kappa shape index (κ2) is 7.71. The Kier molecular flexibility index (Phi) is 5.59. The molecule has 9 nitrogen and oxygen atoms in total. The van der Waals surface area contributed by atoms with E-state index in [2.05, 4.69) is 9.82 Å². The van der Waals surface area contributed by atoms with E-state index in [4.69, 9.17) is 17.4 Å². The smallest absolute Gasteiger partial charge is 0.269 e. The van der Waals surface area contributed by atoms with Gasteiger partial charge in [-0.15, -0.1) is 0 Å². The fourth-order valence-corrected chi connectivity index (χ4v) is 4.27. The van der Waals surface area contributed by atoms with E-state index in [-0.39, 0.29) is 32.1 Å². The van der Waals surface area contributed by atoms with Crippen LogP contribution in [-0.4, -0.2) is 31.5 Å². The molecule has 2 aromatic rings. The summed E-state index contributed by atoms with van der Waals surface area (Å²) in [5.41, 5.74) is 2.44. The van der Waals surface area contributed by atoms with Crippen molar-refractivity contribution in [2.45, 2.75) is 31.1 Å². The highest BCUT2D eigenvalue weighted by atomic mass is 35.5. The predicted molar refractivity (Wildman–Crippen MR) is 114 cm³/mol. The van der Waals surface area contributed by atoms with Crippen LogP contribution in [-0.2, 0) is 15.4 Å². The highest BCUT2D eigenvalue weighted by molar-refractivity contribution is 7.92. The average molecular weight is 450 g/mol. The van der Waals surface area contributed by atoms with Crippen LogP contribution in [0.1, 0.15) is 47.1 Å². The van der Waals surface area contributed by atoms with Crippen molar-refractivity contribution < 1.29 is 18.0 Å². The molecule has 0 unspecified atom stereocenters. The van der Waals surface area contributed by atoms with Gasteiger partial charge in [0.05, 0.1) is 26.7 Å². The second-order valence-electron chi connectivity index (χ2n) is 7.58. The van der Waals surface area contributed by atoms with Crippen molar-refractivity contribution in [1.29, 1.82) is 0 Å². The van der Waals surface area contributed by atoms with Gasteiger partial charge in [-0.3, -0.25) is 14.3 Å². The Balaban J connectivity index is 2.00. The van der Waals surface area contributed by atoms with E-state index in [0.29, 0.717) is 4.90 Å². The van der Waals surface area contributed by atoms with Gasteiger partial charge in [-0.1, -0.05) is 44.5 Å². The number of carbonyl (C=O) groups is 2. The summed E-state index contributed by atoms with van der Waals surface area (Å²) >= 11 is 6.09. The van der Waals surface area contributed by atoms with Crippen LogP contribution in [0.4, 0.5) is 5.69 Å². The van der Waals surface area contributed by atoms with Gasteiger partial charge >= 0.3 is 0 Å². The molecule has 1 aliphatic heterocycles. The molecular weight excluding hydrogens is 430 g/mol. The number of hydrogen-bond donors (Lipinski definition) is 3. The molecule has 2 amide bonds. The van der Waals surface area contributed by atoms with Gasteiger partial charge in [-0.05, 0) is 35.2 Å². The minimum atomic E-state index is -4.03. The van der Waals surface area contributed by atoms with Crippen molar-refractivity contribution in [2.24, 2.45) is 10.9 Å². The van der Waals surface area contributed by atoms with Gasteiger partial charge < -0.3 is 0 Å². The van der Waals surface area contributed by atoms with Crippen LogP contribution in [0.15, 0.2) is 46.4 Å². The zero-order valence-corrected chi connectivity index (χ0v) is 18.0. The third-order valence-corrected chi connectivity index (χ3v) is 6.24. The number of benzene rings is 2. The molecule has 0 aliphatic carbocycles. The van der Waals surface area contributed by atoms with E-state index in [1.165, 1.54) is 24.3 Å². The lowest BCUT2D eigenvalue weighted by molar-refractivity contribution is 0.0754. The van der Waals surface area contributed by atoms with Crippen molar-refractivity contribution in [3.63, 3.8) is 0 Å². The van der Waals surface area contributed by atoms with Crippen molar-refractivity contribution >= 4 is 45.5 Å². The molecule has 0 atom stereocenters. The maximum atomic E-state index is 12.9. The standard InChI is InChI=1S/C19H20ClN5O4S/c1-19(2,3)11-4-6-12(7-5-11)30(28,29)23-14-9-8-13(20)15-16(14)18(27)25(17(15)26)10-22-24-21/h4-10,23-24H,21H2,1-3H3/b22-10+. The number of halogens is 1. The Hall–Kier alpha value is -2.95. The van der Waals surface area contributed by atoms with Crippen LogP contribution in [0.25, 0.3) is 0 Å². The van der Waals surface area contributed by atoms with Gasteiger partial charge in [0.15, 0.2) is 0 Å². The summed E-state index contributed by atoms with van der Waals surface area (Å²) in [4.78, 5) is 26.0. The van der Waals surface area contributed by atoms with E-state index in [1.807, 2.05) is 26.3 Å². The zero-order valence-electron chi connectivity index (χ0n) is 16.4. The number of carbonyl (C=O) groups excluding carboxylic acids is 2. The Morgan fingerprint density at radius 1 is 1.03 bits per heavy atom. The molecule has 0 fully saturated rings. The lowest BCUT2D eigenvalue weighted by Crippen LogP contribution is -2.30. The molecule has 0 spiro atoms. The molecule has 30 heavy (non-hydrogen) atoms. The van der Waals surface area contributed by atoms with Crippen molar-refractivity contribution in [2.75, 3.05) is 4.72 Å². The van der Waals surface area contributed by atoms with Crippen molar-refractivity contribution in [3.05, 3.63) is 58.1 Å². The summed E-state index contributed by atoms with van der Waals surface area (Å²) in [5.74, 6) is 3.51. The lowest BCUT2D eigenvalue weighted by atomic mass is 9.87. The first kappa shape index (κ1) is 21.8. The predicted octanol–water partition coefficient (Wildman–Crippen LogP) is 2.44. The minimum Gasteiger partial charge on any atom is -0.279 e. The summed E-state index contributed by atoms with van der Waals surface area (Å²) in [5, 5.41) is 3.46. The number of anilines is 1. The summed E-state index contributed by atoms with van der Waals surface area (Å²) < 4.78 is 28.1. The fourth-order valence-electron chi connectivity index (χ4n) is 2.96. The first-order valence-corrected chi connectivity index (χ1v) is 10.7. The Morgan fingerprint density at radius 2 is 1.63 bits per heavy atom. The van der Waals surface area contributed by atoms with Gasteiger partial charge in [-0.25, -0.2) is 24.7 Å². The summed E-state index contributed by atoms with van der Waals surface area (Å²) in [6.45, 7) is 6.05. The molecule has 4 N–H and O–H groups in total. The zero-order chi connectivity index (χ0) is 22.3. The first-order chi connectivity index (χ1) is 14.0. The maximum absolute atomic E-state index is 12.9. The Bertz CT molecular complexity index is 1150. The molecule has 158 valence electrons. The van der Waals surface area contributed by atoms with Gasteiger partial charge in [-0.2, -0.15) is 5.10 Å². The molecule has 2 aromatic carbocycles. The van der Waals surface area contributed by atoms with Crippen LogP contribution in [0.5, 0.6) is 0 Å². The molecular formula is C19H20ClN5O4S. The monoisotopic (exact) mass is 449 g/mol. The van der Waals surface area contributed by atoms with Crippen molar-refractivity contribution in [1.82, 2.24) is 10.4 Å². The van der Waals surface area contributed by atoms with Crippen molar-refractivity contribution in [3.8, 4) is 0 Å². The molecule has 0 aromatic heterocycles. The molecule has 3 rings (SSSR count). The number of imide groups is 1. The third kappa shape index (κ3) is 3.89. The van der Waals surface area contributed by atoms with E-state index in [0.717, 1.165) is 11.9 Å². The molecule has 1 aliphatic rings. The topological polar surface area (TPSA) is 134 Å². The maximum Gasteiger partial charge on any atom is 0.269 e. The van der Waals surface area contributed by atoms with E-state index in [1.54, 1.807) is 12.1 Å². The summed E-state index contributed by atoms with van der Waals surface area (Å²) in [7, 11) is -4.03. The number of amides is 2. The Labute approximate surface area is 178 Å². The second-order valence-corrected chi connectivity index (χ2v) is 9.67. The van der Waals surface area contributed by atoms with Crippen LogP contribution >= 0.6 is 11.6 Å². The van der Waals surface area contributed by atoms with E-state index < -0.39 is 21.8 Å². The molecule has 0 saturated carbocycles. The number of hydrogen-bond acceptors (Lipinski definition) is 7. The number of hydrazine groups is 1. The normalized spacial score (nSPS) is 14.4. The number of nitrogens with two attached hydrogens (primary N) is 1. The highest BCUT2D eigenvalue weighted by Gasteiger charge is 2.39. The average Bonchev–Trinajstić information content (AvgIpc) is 2.93. The Morgan fingerprint density at radius 3 is 2.20 bits per heavy atom. The highest BCUT2D eigenvalue weighted by Crippen LogP contribution is 2.35. The van der Waals surface area contributed by atoms with Crippen LogP contribution in [0.3, 0.4) is 0 Å². The van der Waals surface area contributed by atoms with E-state index in [9.17, 15) is 18.0 Å². The first-order valence-electron chi connectivity index (χ1n) is 8.80. The number of hydrazone groups is 1. The summed E-state index contributed by atoms with van der Waals surface area (Å²) in [6.07, 6.45) is 0.893. The fraction of sp³-hybridized carbons (Fsp3) is 0.211. The molecule has 0 saturated heterocycles. The van der Waals surface area contributed by atoms with Gasteiger partial charge in [0.2, 0.25) is 0 Å². The minimum absolute atomic E-state index is 0.0115. The molecule has 11 heteroatoms. The van der Waals surface area contributed by atoms with Gasteiger partial charge in [0, 0.05) is 0 Å². The molecule has 0 bridgehead atoms. The molecule has 0 radical (unpaired) electrons.